The van der Waals surface area contributed by atoms with Crippen molar-refractivity contribution in [3.05, 3.63) is 132 Å². The normalized spacial score (nSPS) is 11.0. The molecule has 2 heteroatoms. The SMILES string of the molecule is O=C(C=P(Cc1ccccc1)(c1ccccc1)c1ccccc1)c1ccccc1. The Hall–Kier alpha value is -3.15. The summed E-state index contributed by atoms with van der Waals surface area (Å²) in [6.07, 6.45) is 0.820. The first kappa shape index (κ1) is 19.2. The van der Waals surface area contributed by atoms with Gasteiger partial charge < -0.3 is 0 Å². The Labute approximate surface area is 172 Å². The topological polar surface area (TPSA) is 17.1 Å². The second kappa shape index (κ2) is 8.90. The minimum Gasteiger partial charge on any atom is -0.289 e. The molecular weight excluding hydrogens is 371 g/mol. The van der Waals surface area contributed by atoms with Crippen molar-refractivity contribution in [1.82, 2.24) is 0 Å². The fourth-order valence-electron chi connectivity index (χ4n) is 3.66. The fraction of sp³-hybridized carbons (Fsp3) is 0.0370. The van der Waals surface area contributed by atoms with Crippen LogP contribution in [0.15, 0.2) is 121 Å². The second-order valence-corrected chi connectivity index (χ2v) is 10.4. The quantitative estimate of drug-likeness (QED) is 0.310. The highest BCUT2D eigenvalue weighted by atomic mass is 31.2. The fourth-order valence-corrected chi connectivity index (χ4v) is 7.46. The third kappa shape index (κ3) is 4.31. The Morgan fingerprint density at radius 2 is 1.00 bits per heavy atom. The molecule has 0 aliphatic heterocycles. The van der Waals surface area contributed by atoms with Crippen LogP contribution in [0.4, 0.5) is 0 Å². The van der Waals surface area contributed by atoms with Gasteiger partial charge in [0.2, 0.25) is 0 Å². The van der Waals surface area contributed by atoms with Crippen molar-refractivity contribution in [2.45, 2.75) is 6.16 Å². The molecule has 0 radical (unpaired) electrons. The summed E-state index contributed by atoms with van der Waals surface area (Å²) >= 11 is 0. The molecule has 0 saturated carbocycles. The first-order chi connectivity index (χ1) is 14.3. The van der Waals surface area contributed by atoms with Crippen LogP contribution in [0.25, 0.3) is 0 Å². The van der Waals surface area contributed by atoms with Crippen LogP contribution in [0.5, 0.6) is 0 Å². The number of carbonyl (C=O) groups excluding carboxylic acids is 1. The molecule has 29 heavy (non-hydrogen) atoms. The summed E-state index contributed by atoms with van der Waals surface area (Å²) in [4.78, 5) is 13.4. The van der Waals surface area contributed by atoms with Crippen LogP contribution >= 0.6 is 6.89 Å². The predicted octanol–water partition coefficient (Wildman–Crippen LogP) is 5.54. The van der Waals surface area contributed by atoms with Crippen LogP contribution in [0, 0.1) is 0 Å². The van der Waals surface area contributed by atoms with Gasteiger partial charge in [0, 0.05) is 11.7 Å². The van der Waals surface area contributed by atoms with Gasteiger partial charge in [-0.25, -0.2) is 0 Å². The molecule has 4 aromatic rings. The van der Waals surface area contributed by atoms with E-state index >= 15 is 0 Å². The van der Waals surface area contributed by atoms with Crippen molar-refractivity contribution in [2.75, 3.05) is 0 Å². The third-order valence-electron chi connectivity index (χ3n) is 5.10. The molecule has 0 heterocycles. The maximum atomic E-state index is 13.4. The summed E-state index contributed by atoms with van der Waals surface area (Å²) in [5.41, 5.74) is 1.97. The lowest BCUT2D eigenvalue weighted by Gasteiger charge is -2.28. The Morgan fingerprint density at radius 1 is 0.586 bits per heavy atom. The standard InChI is InChI=1S/C27H23OP/c28-27(24-15-7-2-8-16-24)22-29(25-17-9-3-10-18-25,26-19-11-4-12-20-26)21-23-13-5-1-6-14-23/h1-20,22H,21H2. The lowest BCUT2D eigenvalue weighted by atomic mass is 10.2. The zero-order valence-electron chi connectivity index (χ0n) is 16.2. The summed E-state index contributed by atoms with van der Waals surface area (Å²) in [6.45, 7) is -2.12. The number of carbonyl (C=O) groups is 1. The van der Waals surface area contributed by atoms with E-state index < -0.39 is 6.89 Å². The third-order valence-corrected chi connectivity index (χ3v) is 9.08. The van der Waals surface area contributed by atoms with Gasteiger partial charge in [0.25, 0.3) is 0 Å². The van der Waals surface area contributed by atoms with E-state index in [2.05, 4.69) is 72.8 Å². The first-order valence-electron chi connectivity index (χ1n) is 9.76. The molecule has 0 bridgehead atoms. The highest BCUT2D eigenvalue weighted by Gasteiger charge is 2.25. The number of ketones is 1. The Bertz CT molecular complexity index is 1070. The van der Waals surface area contributed by atoms with E-state index in [0.29, 0.717) is 0 Å². The molecule has 0 saturated heterocycles. The summed E-state index contributed by atoms with van der Waals surface area (Å²) in [5, 5.41) is 2.44. The number of hydrogen-bond acceptors (Lipinski definition) is 1. The Kier molecular flexibility index (Phi) is 5.89. The van der Waals surface area contributed by atoms with Gasteiger partial charge in [0.05, 0.1) is 0 Å². The number of hydrogen-bond donors (Lipinski definition) is 0. The molecule has 0 spiro atoms. The van der Waals surface area contributed by atoms with Gasteiger partial charge >= 0.3 is 0 Å². The highest BCUT2D eigenvalue weighted by Crippen LogP contribution is 2.48. The van der Waals surface area contributed by atoms with Gasteiger partial charge in [-0.1, -0.05) is 121 Å². The molecule has 0 aliphatic carbocycles. The molecular formula is C27H23OP. The number of Topliss-reactive ketones (excluding diaryl/α,β-unsaturated/α-hetero) is 1. The number of benzene rings is 4. The van der Waals surface area contributed by atoms with Crippen LogP contribution in [0.1, 0.15) is 15.9 Å². The lowest BCUT2D eigenvalue weighted by molar-refractivity contribution is 0.107. The van der Waals surface area contributed by atoms with Crippen LogP contribution in [0.2, 0.25) is 0 Å². The van der Waals surface area contributed by atoms with Gasteiger partial charge in [-0.2, -0.15) is 0 Å². The van der Waals surface area contributed by atoms with Crippen molar-refractivity contribution in [3.63, 3.8) is 0 Å². The molecule has 4 aromatic carbocycles. The van der Waals surface area contributed by atoms with Crippen molar-refractivity contribution in [2.24, 2.45) is 0 Å². The zero-order chi connectivity index (χ0) is 19.9. The van der Waals surface area contributed by atoms with Crippen LogP contribution in [-0.4, -0.2) is 11.6 Å². The zero-order valence-corrected chi connectivity index (χ0v) is 17.1. The average molecular weight is 394 g/mol. The summed E-state index contributed by atoms with van der Waals surface area (Å²) in [6, 6.07) is 41.1. The van der Waals surface area contributed by atoms with E-state index in [4.69, 9.17) is 0 Å². The minimum atomic E-state index is -2.12. The highest BCUT2D eigenvalue weighted by molar-refractivity contribution is 7.88. The van der Waals surface area contributed by atoms with Gasteiger partial charge in [-0.3, -0.25) is 4.79 Å². The molecule has 1 nitrogen and oxygen atoms in total. The monoisotopic (exact) mass is 394 g/mol. The van der Waals surface area contributed by atoms with Crippen LogP contribution < -0.4 is 10.6 Å². The van der Waals surface area contributed by atoms with Gasteiger partial charge in [-0.15, -0.1) is 0 Å². The van der Waals surface area contributed by atoms with E-state index in [0.717, 1.165) is 11.7 Å². The lowest BCUT2D eigenvalue weighted by Crippen LogP contribution is -2.22. The van der Waals surface area contributed by atoms with Gasteiger partial charge in [0.1, 0.15) is 0 Å². The van der Waals surface area contributed by atoms with Crippen LogP contribution in [-0.2, 0) is 6.16 Å². The molecule has 4 rings (SSSR count). The maximum absolute atomic E-state index is 13.4. The molecule has 0 fully saturated rings. The van der Waals surface area contributed by atoms with Crippen molar-refractivity contribution >= 4 is 29.1 Å². The molecule has 0 atom stereocenters. The van der Waals surface area contributed by atoms with Crippen LogP contribution in [0.3, 0.4) is 0 Å². The molecule has 0 unspecified atom stereocenters. The van der Waals surface area contributed by atoms with Crippen molar-refractivity contribution in [1.29, 1.82) is 0 Å². The molecule has 142 valence electrons. The summed E-state index contributed by atoms with van der Waals surface area (Å²) in [7, 11) is 0. The molecule has 0 N–H and O–H groups in total. The molecule has 0 amide bonds. The predicted molar refractivity (Wildman–Crippen MR) is 126 cm³/mol. The Morgan fingerprint density at radius 3 is 1.48 bits per heavy atom. The van der Waals surface area contributed by atoms with E-state index in [1.807, 2.05) is 54.3 Å². The van der Waals surface area contributed by atoms with Crippen molar-refractivity contribution in [3.8, 4) is 0 Å². The smallest absolute Gasteiger partial charge is 0.186 e. The molecule has 0 aliphatic rings. The van der Waals surface area contributed by atoms with E-state index in [9.17, 15) is 4.79 Å². The number of rotatable bonds is 6. The maximum Gasteiger partial charge on any atom is 0.186 e. The minimum absolute atomic E-state index is 0.0857. The first-order valence-corrected chi connectivity index (χ1v) is 11.8. The largest absolute Gasteiger partial charge is 0.289 e. The van der Waals surface area contributed by atoms with E-state index in [1.165, 1.54) is 16.2 Å². The molecule has 0 aromatic heterocycles. The van der Waals surface area contributed by atoms with Gasteiger partial charge in [-0.05, 0) is 28.9 Å². The van der Waals surface area contributed by atoms with Gasteiger partial charge in [0.15, 0.2) is 5.78 Å². The average Bonchev–Trinajstić information content (AvgIpc) is 2.81. The van der Waals surface area contributed by atoms with E-state index in [1.54, 1.807) is 0 Å². The van der Waals surface area contributed by atoms with Crippen molar-refractivity contribution < 1.29 is 4.79 Å². The van der Waals surface area contributed by atoms with E-state index in [-0.39, 0.29) is 5.78 Å². The Balaban J connectivity index is 1.98. The second-order valence-electron chi connectivity index (χ2n) is 7.04. The summed E-state index contributed by atoms with van der Waals surface area (Å²) in [5.74, 6) is 2.10. The summed E-state index contributed by atoms with van der Waals surface area (Å²) < 4.78 is 0.